The van der Waals surface area contributed by atoms with Crippen molar-refractivity contribution in [3.8, 4) is 0 Å². The van der Waals surface area contributed by atoms with Crippen LogP contribution in [0.2, 0.25) is 0 Å². The maximum atomic E-state index is 13.6. The Morgan fingerprint density at radius 2 is 2.00 bits per heavy atom. The highest BCUT2D eigenvalue weighted by Gasteiger charge is 2.38. The van der Waals surface area contributed by atoms with Crippen LogP contribution in [0, 0.1) is 11.2 Å². The van der Waals surface area contributed by atoms with Gasteiger partial charge in [-0.25, -0.2) is 4.39 Å². The van der Waals surface area contributed by atoms with Crippen LogP contribution < -0.4 is 10.6 Å². The molecule has 23 heavy (non-hydrogen) atoms. The fourth-order valence-corrected chi connectivity index (χ4v) is 3.43. The molecular formula is C17H25FN2O3. The first-order valence-corrected chi connectivity index (χ1v) is 7.84. The molecule has 0 aromatic heterocycles. The van der Waals surface area contributed by atoms with Gasteiger partial charge in [0.1, 0.15) is 5.82 Å². The molecule has 0 unspecified atom stereocenters. The summed E-state index contributed by atoms with van der Waals surface area (Å²) >= 11 is 0. The van der Waals surface area contributed by atoms with E-state index in [0.717, 1.165) is 5.69 Å². The minimum absolute atomic E-state index is 0.0300. The van der Waals surface area contributed by atoms with Gasteiger partial charge in [0.25, 0.3) is 0 Å². The van der Waals surface area contributed by atoms with Crippen LogP contribution in [0.3, 0.4) is 0 Å². The molecule has 1 fully saturated rings. The van der Waals surface area contributed by atoms with Crippen molar-refractivity contribution in [3.63, 3.8) is 0 Å². The summed E-state index contributed by atoms with van der Waals surface area (Å²) in [6.07, 6.45) is 1.53. The fourth-order valence-electron chi connectivity index (χ4n) is 3.43. The molecule has 0 atom stereocenters. The van der Waals surface area contributed by atoms with E-state index in [2.05, 4.69) is 0 Å². The molecule has 1 saturated heterocycles. The summed E-state index contributed by atoms with van der Waals surface area (Å²) in [6.45, 7) is 4.92. The van der Waals surface area contributed by atoms with E-state index in [9.17, 15) is 14.3 Å². The number of anilines is 2. The standard InChI is InChI=1S/C17H25FN2O3/c1-16(2,10-15(21)22)11-17(23)5-7-20(8-6-17)12-3-4-14(19)13(18)9-12/h3-4,9,23H,5-8,10-11,19H2,1-2H3,(H,21,22). The first-order chi connectivity index (χ1) is 10.6. The average molecular weight is 324 g/mol. The largest absolute Gasteiger partial charge is 0.481 e. The Morgan fingerprint density at radius 3 is 2.52 bits per heavy atom. The summed E-state index contributed by atoms with van der Waals surface area (Å²) in [4.78, 5) is 12.9. The lowest BCUT2D eigenvalue weighted by molar-refractivity contribution is -0.140. The molecule has 5 nitrogen and oxygen atoms in total. The van der Waals surface area contributed by atoms with Crippen LogP contribution in [0.15, 0.2) is 18.2 Å². The van der Waals surface area contributed by atoms with Gasteiger partial charge in [0.2, 0.25) is 0 Å². The summed E-state index contributed by atoms with van der Waals surface area (Å²) in [5.74, 6) is -1.29. The number of nitrogen functional groups attached to an aromatic ring is 1. The van der Waals surface area contributed by atoms with Gasteiger partial charge in [-0.2, -0.15) is 0 Å². The number of carboxylic acid groups (broad SMARTS) is 1. The van der Waals surface area contributed by atoms with Crippen molar-refractivity contribution in [2.24, 2.45) is 5.41 Å². The van der Waals surface area contributed by atoms with Gasteiger partial charge in [-0.1, -0.05) is 13.8 Å². The third kappa shape index (κ3) is 4.58. The van der Waals surface area contributed by atoms with Crippen molar-refractivity contribution in [2.75, 3.05) is 23.7 Å². The number of carboxylic acids is 1. The Balaban J connectivity index is 1.99. The summed E-state index contributed by atoms with van der Waals surface area (Å²) in [5, 5.41) is 19.7. The van der Waals surface area contributed by atoms with Gasteiger partial charge >= 0.3 is 5.97 Å². The minimum atomic E-state index is -0.873. The highest BCUT2D eigenvalue weighted by atomic mass is 19.1. The smallest absolute Gasteiger partial charge is 0.303 e. The van der Waals surface area contributed by atoms with Gasteiger partial charge in [0, 0.05) is 18.8 Å². The lowest BCUT2D eigenvalue weighted by atomic mass is 9.74. The van der Waals surface area contributed by atoms with Crippen LogP contribution >= 0.6 is 0 Å². The summed E-state index contributed by atoms with van der Waals surface area (Å²) in [7, 11) is 0. The number of aliphatic carboxylic acids is 1. The Kier molecular flexibility index (Phi) is 4.84. The van der Waals surface area contributed by atoms with Crippen LogP contribution in [-0.2, 0) is 4.79 Å². The zero-order chi connectivity index (χ0) is 17.3. The number of benzene rings is 1. The number of aliphatic hydroxyl groups is 1. The molecule has 0 amide bonds. The first kappa shape index (κ1) is 17.5. The molecule has 0 saturated carbocycles. The van der Waals surface area contributed by atoms with Crippen LogP contribution in [0.25, 0.3) is 0 Å². The van der Waals surface area contributed by atoms with E-state index in [-0.39, 0.29) is 12.1 Å². The van der Waals surface area contributed by atoms with E-state index >= 15 is 0 Å². The van der Waals surface area contributed by atoms with Crippen molar-refractivity contribution in [2.45, 2.75) is 45.1 Å². The number of hydrogen-bond acceptors (Lipinski definition) is 4. The molecule has 1 heterocycles. The SMILES string of the molecule is CC(C)(CC(=O)O)CC1(O)CCN(c2ccc(N)c(F)c2)CC1. The van der Waals surface area contributed by atoms with Crippen LogP contribution in [-0.4, -0.2) is 34.9 Å². The van der Waals surface area contributed by atoms with Gasteiger partial charge in [0.05, 0.1) is 17.7 Å². The number of nitrogens with zero attached hydrogens (tertiary/aromatic N) is 1. The second-order valence-electron chi connectivity index (χ2n) is 7.33. The molecule has 0 bridgehead atoms. The normalized spacial score (nSPS) is 18.0. The Morgan fingerprint density at radius 1 is 1.39 bits per heavy atom. The van der Waals surface area contributed by atoms with E-state index < -0.39 is 22.8 Å². The molecule has 0 radical (unpaired) electrons. The van der Waals surface area contributed by atoms with Crippen molar-refractivity contribution in [1.82, 2.24) is 0 Å². The van der Waals surface area contributed by atoms with Gasteiger partial charge in [-0.05, 0) is 42.9 Å². The van der Waals surface area contributed by atoms with Crippen molar-refractivity contribution in [1.29, 1.82) is 0 Å². The molecule has 128 valence electrons. The Labute approximate surface area is 135 Å². The number of piperidine rings is 1. The third-order valence-corrected chi connectivity index (χ3v) is 4.48. The highest BCUT2D eigenvalue weighted by Crippen LogP contribution is 2.38. The summed E-state index contributed by atoms with van der Waals surface area (Å²) in [6, 6.07) is 4.73. The predicted molar refractivity (Wildman–Crippen MR) is 87.9 cm³/mol. The zero-order valence-electron chi connectivity index (χ0n) is 13.7. The number of halogens is 1. The average Bonchev–Trinajstić information content (AvgIpc) is 2.40. The highest BCUT2D eigenvalue weighted by molar-refractivity contribution is 5.67. The first-order valence-electron chi connectivity index (χ1n) is 7.84. The predicted octanol–water partition coefficient (Wildman–Crippen LogP) is 2.63. The number of rotatable bonds is 5. The molecule has 1 aromatic carbocycles. The zero-order valence-corrected chi connectivity index (χ0v) is 13.7. The topological polar surface area (TPSA) is 86.8 Å². The van der Waals surface area contributed by atoms with Crippen LogP contribution in [0.5, 0.6) is 0 Å². The maximum Gasteiger partial charge on any atom is 0.303 e. The quantitative estimate of drug-likeness (QED) is 0.725. The molecule has 4 N–H and O–H groups in total. The van der Waals surface area contributed by atoms with Crippen LogP contribution in [0.1, 0.15) is 39.5 Å². The van der Waals surface area contributed by atoms with E-state index in [0.29, 0.717) is 32.4 Å². The molecule has 2 rings (SSSR count). The molecule has 0 aliphatic carbocycles. The Hall–Kier alpha value is -1.82. The fraction of sp³-hybridized carbons (Fsp3) is 0.588. The van der Waals surface area contributed by atoms with Gasteiger partial charge in [-0.15, -0.1) is 0 Å². The van der Waals surface area contributed by atoms with Crippen LogP contribution in [0.4, 0.5) is 15.8 Å². The number of hydrogen-bond donors (Lipinski definition) is 3. The number of nitrogens with two attached hydrogens (primary N) is 1. The Bertz CT molecular complexity index is 581. The van der Waals surface area contributed by atoms with E-state index in [1.807, 2.05) is 18.7 Å². The van der Waals surface area contributed by atoms with Crippen molar-refractivity contribution in [3.05, 3.63) is 24.0 Å². The molecule has 0 spiro atoms. The van der Waals surface area contributed by atoms with Gasteiger partial charge in [0.15, 0.2) is 0 Å². The second kappa shape index (κ2) is 6.35. The van der Waals surface area contributed by atoms with Gasteiger partial charge < -0.3 is 20.8 Å². The lowest BCUT2D eigenvalue weighted by Crippen LogP contribution is -2.46. The lowest BCUT2D eigenvalue weighted by Gasteiger charge is -2.42. The van der Waals surface area contributed by atoms with Crippen molar-refractivity contribution >= 4 is 17.3 Å². The molecule has 6 heteroatoms. The van der Waals surface area contributed by atoms with E-state index in [1.165, 1.54) is 6.07 Å². The molecule has 1 aliphatic rings. The maximum absolute atomic E-state index is 13.6. The molecular weight excluding hydrogens is 299 g/mol. The van der Waals surface area contributed by atoms with Crippen molar-refractivity contribution < 1.29 is 19.4 Å². The van der Waals surface area contributed by atoms with Gasteiger partial charge in [-0.3, -0.25) is 4.79 Å². The summed E-state index contributed by atoms with van der Waals surface area (Å²) < 4.78 is 13.6. The summed E-state index contributed by atoms with van der Waals surface area (Å²) in [5.41, 5.74) is 5.03. The van der Waals surface area contributed by atoms with E-state index in [1.54, 1.807) is 12.1 Å². The second-order valence-corrected chi connectivity index (χ2v) is 7.33. The molecule has 1 aromatic rings. The molecule has 1 aliphatic heterocycles. The number of carbonyl (C=O) groups is 1. The van der Waals surface area contributed by atoms with E-state index in [4.69, 9.17) is 10.8 Å². The third-order valence-electron chi connectivity index (χ3n) is 4.48. The monoisotopic (exact) mass is 324 g/mol. The minimum Gasteiger partial charge on any atom is -0.481 e.